The van der Waals surface area contributed by atoms with Gasteiger partial charge in [-0.2, -0.15) is 0 Å². The molecule has 4 unspecified atom stereocenters. The van der Waals surface area contributed by atoms with Crippen molar-refractivity contribution >= 4 is 5.97 Å². The summed E-state index contributed by atoms with van der Waals surface area (Å²) in [4.78, 5) is 39.3. The third-order valence-corrected chi connectivity index (χ3v) is 6.25. The second-order valence-corrected chi connectivity index (χ2v) is 8.43. The van der Waals surface area contributed by atoms with Crippen molar-refractivity contribution in [2.24, 2.45) is 5.92 Å². The van der Waals surface area contributed by atoms with Gasteiger partial charge in [-0.15, -0.1) is 0 Å². The number of carbonyl (C=O) groups is 1. The molecule has 35 heavy (non-hydrogen) atoms. The van der Waals surface area contributed by atoms with Crippen LogP contribution < -0.4 is 11.2 Å². The highest BCUT2D eigenvalue weighted by molar-refractivity contribution is 5.90. The van der Waals surface area contributed by atoms with Crippen molar-refractivity contribution in [3.05, 3.63) is 106 Å². The molecule has 0 spiro atoms. The molecule has 1 aliphatic rings. The summed E-state index contributed by atoms with van der Waals surface area (Å²) in [6.07, 6.45) is 1.53. The number of esters is 1. The molecule has 4 rings (SSSR count). The normalized spacial score (nSPS) is 21.4. The van der Waals surface area contributed by atoms with Crippen LogP contribution in [0, 0.1) is 12.8 Å². The molecule has 1 N–H and O–H groups in total. The molecular weight excluding hydrogens is 448 g/mol. The molecule has 1 saturated heterocycles. The Bertz CT molecular complexity index is 1300. The molecule has 2 aromatic carbocycles. The predicted molar refractivity (Wildman–Crippen MR) is 131 cm³/mol. The topological polar surface area (TPSA) is 99.6 Å². The summed E-state index contributed by atoms with van der Waals surface area (Å²) < 4.78 is 18.8. The fourth-order valence-corrected chi connectivity index (χ4v) is 4.39. The summed E-state index contributed by atoms with van der Waals surface area (Å²) in [6, 6.07) is 17.1. The van der Waals surface area contributed by atoms with Gasteiger partial charge in [0.05, 0.1) is 11.8 Å². The average molecular weight is 477 g/mol. The number of carbonyl (C=O) groups excluding carboxylic acids is 1. The molecule has 1 fully saturated rings. The fraction of sp³-hybridized carbons (Fsp3) is 0.296. The first-order valence-electron chi connectivity index (χ1n) is 11.5. The first-order valence-corrected chi connectivity index (χ1v) is 11.5. The molecule has 0 saturated carbocycles. The Morgan fingerprint density at radius 3 is 2.46 bits per heavy atom. The molecule has 0 radical (unpaired) electrons. The van der Waals surface area contributed by atoms with E-state index in [1.165, 1.54) is 17.0 Å². The quantitative estimate of drug-likeness (QED) is 0.392. The van der Waals surface area contributed by atoms with Crippen LogP contribution >= 0.6 is 0 Å². The number of hydrogen-bond acceptors (Lipinski definition) is 6. The second-order valence-electron chi connectivity index (χ2n) is 8.43. The molecule has 1 aliphatic heterocycles. The smallest absolute Gasteiger partial charge is 0.338 e. The van der Waals surface area contributed by atoms with E-state index < -0.39 is 35.7 Å². The first-order chi connectivity index (χ1) is 16.9. The Morgan fingerprint density at radius 2 is 1.80 bits per heavy atom. The average Bonchev–Trinajstić information content (AvgIpc) is 3.22. The van der Waals surface area contributed by atoms with E-state index in [0.29, 0.717) is 17.5 Å². The summed E-state index contributed by atoms with van der Waals surface area (Å²) in [6.45, 7) is 7.19. The minimum Gasteiger partial charge on any atom is -0.494 e. The number of rotatable bonds is 8. The number of H-pyrrole nitrogens is 1. The summed E-state index contributed by atoms with van der Waals surface area (Å²) in [5, 5.41) is 0. The number of aromatic amines is 1. The van der Waals surface area contributed by atoms with Crippen molar-refractivity contribution in [3.63, 3.8) is 0 Å². The van der Waals surface area contributed by atoms with E-state index >= 15 is 0 Å². The highest BCUT2D eigenvalue weighted by Gasteiger charge is 2.46. The molecule has 8 heteroatoms. The molecule has 1 aromatic heterocycles. The van der Waals surface area contributed by atoms with Gasteiger partial charge in [-0.05, 0) is 36.6 Å². The van der Waals surface area contributed by atoms with Gasteiger partial charge in [0.15, 0.2) is 6.23 Å². The third kappa shape index (κ3) is 5.12. The van der Waals surface area contributed by atoms with Crippen LogP contribution in [0.4, 0.5) is 0 Å². The van der Waals surface area contributed by atoms with Crippen LogP contribution in [0.25, 0.3) is 11.1 Å². The van der Waals surface area contributed by atoms with Crippen molar-refractivity contribution in [2.75, 3.05) is 6.61 Å². The van der Waals surface area contributed by atoms with Crippen LogP contribution in [0.1, 0.15) is 35.5 Å². The van der Waals surface area contributed by atoms with Gasteiger partial charge < -0.3 is 14.2 Å². The standard InChI is InChI=1S/C27H28N2O6/c1-4-21-22(35-25(23(21)33-5-2)29-15-17(3)24(30)28-27(29)32)16-34-26(31)20-13-11-19(12-14-20)18-9-7-6-8-10-18/h5-15,21-23,25H,2,4,16H2,1,3H3,(H,28,30,32). The lowest BCUT2D eigenvalue weighted by Gasteiger charge is -2.23. The molecule has 2 heterocycles. The Kier molecular flexibility index (Phi) is 7.31. The van der Waals surface area contributed by atoms with Crippen molar-refractivity contribution in [1.29, 1.82) is 0 Å². The Hall–Kier alpha value is -3.91. The Balaban J connectivity index is 1.49. The molecular formula is C27H28N2O6. The molecule has 0 amide bonds. The largest absolute Gasteiger partial charge is 0.494 e. The maximum absolute atomic E-state index is 12.7. The van der Waals surface area contributed by atoms with Crippen LogP contribution in [-0.4, -0.2) is 34.3 Å². The first kappa shape index (κ1) is 24.2. The number of ether oxygens (including phenoxy) is 3. The zero-order valence-electron chi connectivity index (χ0n) is 19.7. The van der Waals surface area contributed by atoms with Gasteiger partial charge in [-0.3, -0.25) is 14.3 Å². The van der Waals surface area contributed by atoms with Crippen molar-refractivity contribution in [1.82, 2.24) is 9.55 Å². The van der Waals surface area contributed by atoms with Crippen LogP contribution in [0.5, 0.6) is 0 Å². The highest BCUT2D eigenvalue weighted by atomic mass is 16.6. The van der Waals surface area contributed by atoms with E-state index in [9.17, 15) is 14.4 Å². The molecule has 4 atom stereocenters. The van der Waals surface area contributed by atoms with Crippen LogP contribution in [0.15, 0.2) is 83.2 Å². The van der Waals surface area contributed by atoms with Gasteiger partial charge in [-0.1, -0.05) is 56.0 Å². The Morgan fingerprint density at radius 1 is 1.11 bits per heavy atom. The summed E-state index contributed by atoms with van der Waals surface area (Å²) in [7, 11) is 0. The van der Waals surface area contributed by atoms with Gasteiger partial charge >= 0.3 is 11.7 Å². The SMILES string of the molecule is C=COC1C(CC)C(COC(=O)c2ccc(-c3ccccc3)cc2)OC1n1cc(C)c(=O)[nH]c1=O. The zero-order chi connectivity index (χ0) is 24.9. The fourth-order valence-electron chi connectivity index (χ4n) is 4.39. The second kappa shape index (κ2) is 10.6. The maximum Gasteiger partial charge on any atom is 0.338 e. The van der Waals surface area contributed by atoms with E-state index in [0.717, 1.165) is 11.1 Å². The third-order valence-electron chi connectivity index (χ3n) is 6.25. The van der Waals surface area contributed by atoms with E-state index in [-0.39, 0.29) is 12.5 Å². The van der Waals surface area contributed by atoms with E-state index in [1.807, 2.05) is 49.4 Å². The van der Waals surface area contributed by atoms with E-state index in [4.69, 9.17) is 14.2 Å². The predicted octanol–water partition coefficient (Wildman–Crippen LogP) is 3.82. The number of aromatic nitrogens is 2. The van der Waals surface area contributed by atoms with Gasteiger partial charge in [0.2, 0.25) is 0 Å². The number of nitrogens with one attached hydrogen (secondary N) is 1. The molecule has 0 bridgehead atoms. The van der Waals surface area contributed by atoms with Crippen LogP contribution in [-0.2, 0) is 14.2 Å². The Labute approximate surface area is 202 Å². The minimum atomic E-state index is -0.810. The lowest BCUT2D eigenvalue weighted by Crippen LogP contribution is -2.37. The minimum absolute atomic E-state index is 0.0115. The van der Waals surface area contributed by atoms with Gasteiger partial charge in [0, 0.05) is 17.7 Å². The molecule has 0 aliphatic carbocycles. The summed E-state index contributed by atoms with van der Waals surface area (Å²) in [5.74, 6) is -0.643. The molecule has 3 aromatic rings. The lowest BCUT2D eigenvalue weighted by molar-refractivity contribution is -0.0599. The van der Waals surface area contributed by atoms with Crippen molar-refractivity contribution in [2.45, 2.75) is 38.7 Å². The lowest BCUT2D eigenvalue weighted by atomic mass is 9.95. The molecule has 8 nitrogen and oxygen atoms in total. The zero-order valence-corrected chi connectivity index (χ0v) is 19.7. The monoisotopic (exact) mass is 476 g/mol. The van der Waals surface area contributed by atoms with E-state index in [1.54, 1.807) is 19.1 Å². The van der Waals surface area contributed by atoms with E-state index in [2.05, 4.69) is 11.6 Å². The number of nitrogens with zero attached hydrogens (tertiary/aromatic N) is 1. The number of hydrogen-bond donors (Lipinski definition) is 1. The highest BCUT2D eigenvalue weighted by Crippen LogP contribution is 2.38. The van der Waals surface area contributed by atoms with Crippen LogP contribution in [0.2, 0.25) is 0 Å². The number of benzene rings is 2. The van der Waals surface area contributed by atoms with Gasteiger partial charge in [-0.25, -0.2) is 9.59 Å². The summed E-state index contributed by atoms with van der Waals surface area (Å²) >= 11 is 0. The summed E-state index contributed by atoms with van der Waals surface area (Å²) in [5.41, 5.74) is 1.80. The molecule has 182 valence electrons. The van der Waals surface area contributed by atoms with Gasteiger partial charge in [0.1, 0.15) is 18.8 Å². The van der Waals surface area contributed by atoms with Gasteiger partial charge in [0.25, 0.3) is 5.56 Å². The maximum atomic E-state index is 12.7. The van der Waals surface area contributed by atoms with Crippen molar-refractivity contribution < 1.29 is 19.0 Å². The number of aryl methyl sites for hydroxylation is 1. The van der Waals surface area contributed by atoms with Crippen LogP contribution in [0.3, 0.4) is 0 Å². The van der Waals surface area contributed by atoms with Crippen molar-refractivity contribution in [3.8, 4) is 11.1 Å².